The Hall–Kier alpha value is -3.16. The van der Waals surface area contributed by atoms with Gasteiger partial charge in [0, 0.05) is 26.1 Å². The molecule has 0 radical (unpaired) electrons. The van der Waals surface area contributed by atoms with Gasteiger partial charge in [-0.25, -0.2) is 13.6 Å². The van der Waals surface area contributed by atoms with Crippen LogP contribution >= 0.6 is 0 Å². The van der Waals surface area contributed by atoms with E-state index in [4.69, 9.17) is 5.14 Å². The number of rotatable bonds is 8. The average Bonchev–Trinajstić information content (AvgIpc) is 2.79. The molecule has 31 heavy (non-hydrogen) atoms. The summed E-state index contributed by atoms with van der Waals surface area (Å²) in [6, 6.07) is 27.5. The zero-order valence-corrected chi connectivity index (χ0v) is 18.3. The second kappa shape index (κ2) is 10.7. The molecule has 3 rings (SSSR count). The van der Waals surface area contributed by atoms with Crippen molar-refractivity contribution in [3.63, 3.8) is 0 Å². The second-order valence-electron chi connectivity index (χ2n) is 7.20. The minimum atomic E-state index is -3.68. The van der Waals surface area contributed by atoms with Crippen LogP contribution in [0.1, 0.15) is 29.0 Å². The monoisotopic (exact) mass is 436 g/mol. The summed E-state index contributed by atoms with van der Waals surface area (Å²) in [7, 11) is -1.95. The van der Waals surface area contributed by atoms with E-state index in [1.54, 1.807) is 19.2 Å². The molecule has 0 aliphatic rings. The first-order valence-corrected chi connectivity index (χ1v) is 11.7. The molecule has 0 unspecified atom stereocenters. The molecule has 0 aromatic heterocycles. The Morgan fingerprint density at radius 1 is 0.871 bits per heavy atom. The van der Waals surface area contributed by atoms with Gasteiger partial charge in [0.15, 0.2) is 5.96 Å². The molecule has 4 N–H and O–H groups in total. The van der Waals surface area contributed by atoms with Gasteiger partial charge in [-0.3, -0.25) is 4.99 Å². The van der Waals surface area contributed by atoms with Crippen LogP contribution in [0, 0.1) is 0 Å². The van der Waals surface area contributed by atoms with E-state index in [1.807, 2.05) is 12.1 Å². The Labute approximate surface area is 184 Å². The predicted molar refractivity (Wildman–Crippen MR) is 125 cm³/mol. The van der Waals surface area contributed by atoms with Crippen LogP contribution < -0.4 is 15.8 Å². The van der Waals surface area contributed by atoms with Gasteiger partial charge < -0.3 is 10.6 Å². The molecule has 0 atom stereocenters. The van der Waals surface area contributed by atoms with Crippen LogP contribution in [0.15, 0.2) is 94.8 Å². The summed E-state index contributed by atoms with van der Waals surface area (Å²) in [5, 5.41) is 11.8. The summed E-state index contributed by atoms with van der Waals surface area (Å²) in [5.41, 5.74) is 3.50. The molecule has 0 aliphatic carbocycles. The van der Waals surface area contributed by atoms with Crippen molar-refractivity contribution in [2.24, 2.45) is 10.1 Å². The standard InChI is InChI=1S/C24H28N4O2S/c1-26-24(28-18-19-12-14-22(15-13-19)31(25,29)30)27-17-16-23(20-8-4-2-5-9-20)21-10-6-3-7-11-21/h2-15,23H,16-18H2,1H3,(H2,25,29,30)(H2,26,27,28). The first-order chi connectivity index (χ1) is 15.0. The Balaban J connectivity index is 1.57. The predicted octanol–water partition coefficient (Wildman–Crippen LogP) is 3.22. The summed E-state index contributed by atoms with van der Waals surface area (Å²) < 4.78 is 22.7. The van der Waals surface area contributed by atoms with Crippen LogP contribution in [0.2, 0.25) is 0 Å². The van der Waals surface area contributed by atoms with Gasteiger partial charge in [0.05, 0.1) is 4.90 Å². The average molecular weight is 437 g/mol. The molecular weight excluding hydrogens is 408 g/mol. The van der Waals surface area contributed by atoms with Crippen molar-refractivity contribution in [3.8, 4) is 0 Å². The normalized spacial score (nSPS) is 12.0. The van der Waals surface area contributed by atoms with Crippen molar-refractivity contribution < 1.29 is 8.42 Å². The number of hydrogen-bond acceptors (Lipinski definition) is 3. The maximum absolute atomic E-state index is 11.4. The zero-order valence-electron chi connectivity index (χ0n) is 17.5. The smallest absolute Gasteiger partial charge is 0.238 e. The number of sulfonamides is 1. The van der Waals surface area contributed by atoms with Crippen LogP contribution in [-0.4, -0.2) is 28.0 Å². The number of aliphatic imine (C=N–C) groups is 1. The van der Waals surface area contributed by atoms with Gasteiger partial charge in [0.1, 0.15) is 0 Å². The fourth-order valence-corrected chi connectivity index (χ4v) is 3.95. The first-order valence-electron chi connectivity index (χ1n) is 10.1. The number of nitrogens with one attached hydrogen (secondary N) is 2. The van der Waals surface area contributed by atoms with E-state index in [0.717, 1.165) is 18.5 Å². The molecule has 7 heteroatoms. The quantitative estimate of drug-likeness (QED) is 0.373. The topological polar surface area (TPSA) is 96.6 Å². The summed E-state index contributed by atoms with van der Waals surface area (Å²) in [6.07, 6.45) is 0.914. The van der Waals surface area contributed by atoms with E-state index >= 15 is 0 Å². The van der Waals surface area contributed by atoms with Crippen molar-refractivity contribution in [2.45, 2.75) is 23.8 Å². The molecule has 3 aromatic rings. The molecular formula is C24H28N4O2S. The third-order valence-electron chi connectivity index (χ3n) is 5.06. The van der Waals surface area contributed by atoms with Crippen molar-refractivity contribution in [1.82, 2.24) is 10.6 Å². The highest BCUT2D eigenvalue weighted by Crippen LogP contribution is 2.27. The number of nitrogens with zero attached hydrogens (tertiary/aromatic N) is 1. The van der Waals surface area contributed by atoms with Crippen molar-refractivity contribution in [1.29, 1.82) is 0 Å². The highest BCUT2D eigenvalue weighted by molar-refractivity contribution is 7.89. The SMILES string of the molecule is CN=C(NCCC(c1ccccc1)c1ccccc1)NCc1ccc(S(N)(=O)=O)cc1. The van der Waals surface area contributed by atoms with E-state index in [0.29, 0.717) is 18.4 Å². The largest absolute Gasteiger partial charge is 0.356 e. The maximum atomic E-state index is 11.4. The summed E-state index contributed by atoms with van der Waals surface area (Å²) >= 11 is 0. The van der Waals surface area contributed by atoms with E-state index < -0.39 is 10.0 Å². The van der Waals surface area contributed by atoms with Crippen LogP contribution in [-0.2, 0) is 16.6 Å². The molecule has 0 aliphatic heterocycles. The molecule has 0 fully saturated rings. The molecule has 0 saturated heterocycles. The van der Waals surface area contributed by atoms with Crippen LogP contribution in [0.4, 0.5) is 0 Å². The Morgan fingerprint density at radius 2 is 1.42 bits per heavy atom. The lowest BCUT2D eigenvalue weighted by molar-refractivity contribution is 0.597. The number of benzene rings is 3. The van der Waals surface area contributed by atoms with Gasteiger partial charge in [0.25, 0.3) is 0 Å². The van der Waals surface area contributed by atoms with Gasteiger partial charge in [-0.2, -0.15) is 0 Å². The van der Waals surface area contributed by atoms with Crippen LogP contribution in [0.25, 0.3) is 0 Å². The van der Waals surface area contributed by atoms with Gasteiger partial charge in [-0.15, -0.1) is 0 Å². The molecule has 0 saturated carbocycles. The summed E-state index contributed by atoms with van der Waals surface area (Å²) in [6.45, 7) is 1.27. The van der Waals surface area contributed by atoms with Crippen molar-refractivity contribution >= 4 is 16.0 Å². The van der Waals surface area contributed by atoms with Crippen molar-refractivity contribution in [2.75, 3.05) is 13.6 Å². The highest BCUT2D eigenvalue weighted by Gasteiger charge is 2.14. The minimum absolute atomic E-state index is 0.103. The van der Waals surface area contributed by atoms with Gasteiger partial charge >= 0.3 is 0 Å². The van der Waals surface area contributed by atoms with Gasteiger partial charge in [-0.05, 0) is 35.2 Å². The molecule has 6 nitrogen and oxygen atoms in total. The molecule has 0 spiro atoms. The van der Waals surface area contributed by atoms with Crippen LogP contribution in [0.5, 0.6) is 0 Å². The Kier molecular flexibility index (Phi) is 7.81. The minimum Gasteiger partial charge on any atom is -0.356 e. The van der Waals surface area contributed by atoms with Gasteiger partial charge in [-0.1, -0.05) is 72.8 Å². The lowest BCUT2D eigenvalue weighted by atomic mass is 9.88. The lowest BCUT2D eigenvalue weighted by Gasteiger charge is -2.19. The number of guanidine groups is 1. The zero-order chi connectivity index (χ0) is 22.1. The Bertz CT molecular complexity index is 1040. The summed E-state index contributed by atoms with van der Waals surface area (Å²) in [5.74, 6) is 0.981. The van der Waals surface area contributed by atoms with E-state index in [1.165, 1.54) is 23.3 Å². The third kappa shape index (κ3) is 6.67. The van der Waals surface area contributed by atoms with E-state index in [-0.39, 0.29) is 4.90 Å². The Morgan fingerprint density at radius 3 is 1.90 bits per heavy atom. The number of primary sulfonamides is 1. The molecule has 162 valence electrons. The van der Waals surface area contributed by atoms with E-state index in [2.05, 4.69) is 64.2 Å². The molecule has 0 bridgehead atoms. The lowest BCUT2D eigenvalue weighted by Crippen LogP contribution is -2.37. The third-order valence-corrected chi connectivity index (χ3v) is 5.99. The number of hydrogen-bond donors (Lipinski definition) is 3. The fraction of sp³-hybridized carbons (Fsp3) is 0.208. The maximum Gasteiger partial charge on any atom is 0.238 e. The fourth-order valence-electron chi connectivity index (χ4n) is 3.43. The molecule has 0 heterocycles. The highest BCUT2D eigenvalue weighted by atomic mass is 32.2. The van der Waals surface area contributed by atoms with Crippen LogP contribution in [0.3, 0.4) is 0 Å². The molecule has 3 aromatic carbocycles. The number of nitrogens with two attached hydrogens (primary N) is 1. The van der Waals surface area contributed by atoms with Gasteiger partial charge in [0.2, 0.25) is 10.0 Å². The van der Waals surface area contributed by atoms with Crippen molar-refractivity contribution in [3.05, 3.63) is 102 Å². The summed E-state index contributed by atoms with van der Waals surface area (Å²) in [4.78, 5) is 4.38. The molecule has 0 amide bonds. The van der Waals surface area contributed by atoms with E-state index in [9.17, 15) is 8.42 Å². The second-order valence-corrected chi connectivity index (χ2v) is 8.77. The first kappa shape index (κ1) is 22.5.